The smallest absolute Gasteiger partial charge is 0.255 e. The number of hydroxylamine groups is 1. The quantitative estimate of drug-likeness (QED) is 0.757. The highest BCUT2D eigenvalue weighted by Gasteiger charge is 2.27. The van der Waals surface area contributed by atoms with Crippen LogP contribution in [-0.4, -0.2) is 19.1 Å². The van der Waals surface area contributed by atoms with E-state index in [1.165, 1.54) is 5.06 Å². The van der Waals surface area contributed by atoms with E-state index < -0.39 is 0 Å². The maximum Gasteiger partial charge on any atom is 0.255 e. The third-order valence-electron chi connectivity index (χ3n) is 2.12. The van der Waals surface area contributed by atoms with Crippen LogP contribution < -0.4 is 10.8 Å². The van der Waals surface area contributed by atoms with Crippen molar-refractivity contribution in [3.63, 3.8) is 0 Å². The van der Waals surface area contributed by atoms with Crippen molar-refractivity contribution in [3.05, 3.63) is 29.8 Å². The lowest BCUT2D eigenvalue weighted by Crippen LogP contribution is -2.29. The molecule has 0 fully saturated rings. The van der Waals surface area contributed by atoms with Crippen LogP contribution in [0.5, 0.6) is 0 Å². The Hall–Kier alpha value is -1.39. The number of hydrogen-bond donors (Lipinski definition) is 1. The molecule has 1 aromatic rings. The van der Waals surface area contributed by atoms with Gasteiger partial charge >= 0.3 is 0 Å². The van der Waals surface area contributed by atoms with Gasteiger partial charge in [0.25, 0.3) is 5.91 Å². The molecule has 2 N–H and O–H groups in total. The fourth-order valence-electron chi connectivity index (χ4n) is 1.51. The van der Waals surface area contributed by atoms with E-state index in [1.807, 2.05) is 24.3 Å². The van der Waals surface area contributed by atoms with Crippen LogP contribution in [0.1, 0.15) is 5.56 Å². The lowest BCUT2D eigenvalue weighted by atomic mass is 10.2. The summed E-state index contributed by atoms with van der Waals surface area (Å²) >= 11 is 0. The molecular weight excluding hydrogens is 180 g/mol. The van der Waals surface area contributed by atoms with E-state index in [4.69, 9.17) is 10.6 Å². The van der Waals surface area contributed by atoms with Crippen molar-refractivity contribution in [3.8, 4) is 0 Å². The van der Waals surface area contributed by atoms with Crippen LogP contribution >= 0.6 is 0 Å². The second kappa shape index (κ2) is 3.77. The number of para-hydroxylation sites is 1. The Bertz CT molecular complexity index is 352. The molecular formula is C10H12N2O2. The first-order valence-corrected chi connectivity index (χ1v) is 4.57. The van der Waals surface area contributed by atoms with E-state index in [2.05, 4.69) is 0 Å². The van der Waals surface area contributed by atoms with Crippen LogP contribution in [0.25, 0.3) is 0 Å². The van der Waals surface area contributed by atoms with Crippen LogP contribution in [0, 0.1) is 0 Å². The van der Waals surface area contributed by atoms with Crippen molar-refractivity contribution in [2.45, 2.75) is 6.42 Å². The third kappa shape index (κ3) is 1.49. The van der Waals surface area contributed by atoms with E-state index in [1.54, 1.807) is 0 Å². The summed E-state index contributed by atoms with van der Waals surface area (Å²) in [5.41, 5.74) is 7.16. The number of benzene rings is 1. The van der Waals surface area contributed by atoms with Gasteiger partial charge in [-0.05, 0) is 11.6 Å². The summed E-state index contributed by atoms with van der Waals surface area (Å²) < 4.78 is 0. The van der Waals surface area contributed by atoms with Gasteiger partial charge in [0.05, 0.1) is 18.7 Å². The molecule has 0 atom stereocenters. The van der Waals surface area contributed by atoms with Crippen LogP contribution in [0.15, 0.2) is 24.3 Å². The van der Waals surface area contributed by atoms with E-state index >= 15 is 0 Å². The molecule has 0 radical (unpaired) electrons. The Kier molecular flexibility index (Phi) is 2.47. The average molecular weight is 192 g/mol. The molecule has 0 saturated heterocycles. The fourth-order valence-corrected chi connectivity index (χ4v) is 1.51. The molecule has 0 bridgehead atoms. The molecule has 1 heterocycles. The van der Waals surface area contributed by atoms with Gasteiger partial charge in [0, 0.05) is 6.54 Å². The lowest BCUT2D eigenvalue weighted by Gasteiger charge is -2.15. The normalized spacial score (nSPS) is 14.6. The van der Waals surface area contributed by atoms with Crippen LogP contribution in [0.2, 0.25) is 0 Å². The van der Waals surface area contributed by atoms with Crippen molar-refractivity contribution < 1.29 is 9.63 Å². The molecule has 0 saturated carbocycles. The molecule has 0 unspecified atom stereocenters. The average Bonchev–Trinajstić information content (AvgIpc) is 2.51. The van der Waals surface area contributed by atoms with Gasteiger partial charge < -0.3 is 5.73 Å². The highest BCUT2D eigenvalue weighted by Crippen LogP contribution is 2.28. The van der Waals surface area contributed by atoms with Crippen molar-refractivity contribution in [1.82, 2.24) is 0 Å². The summed E-state index contributed by atoms with van der Waals surface area (Å²) in [5, 5.41) is 1.34. The molecule has 4 nitrogen and oxygen atoms in total. The minimum Gasteiger partial charge on any atom is -0.328 e. The van der Waals surface area contributed by atoms with Crippen LogP contribution in [-0.2, 0) is 16.1 Å². The second-order valence-corrected chi connectivity index (χ2v) is 3.12. The van der Waals surface area contributed by atoms with E-state index in [9.17, 15) is 4.79 Å². The highest BCUT2D eigenvalue weighted by atomic mass is 16.7. The molecule has 0 aliphatic carbocycles. The molecule has 14 heavy (non-hydrogen) atoms. The van der Waals surface area contributed by atoms with Gasteiger partial charge in [-0.25, -0.2) is 0 Å². The standard InChI is InChI=1S/C10H12N2O2/c11-5-6-14-12-9-4-2-1-3-8(9)7-10(12)13/h1-4H,5-7,11H2. The Morgan fingerprint density at radius 3 is 3.00 bits per heavy atom. The van der Waals surface area contributed by atoms with Gasteiger partial charge in [0.2, 0.25) is 0 Å². The minimum absolute atomic E-state index is 0.0281. The number of amides is 1. The minimum atomic E-state index is -0.0281. The number of anilines is 1. The molecule has 0 spiro atoms. The predicted octanol–water partition coefficient (Wildman–Crippen LogP) is 0.466. The number of carbonyl (C=O) groups excluding carboxylic acids is 1. The molecule has 74 valence electrons. The van der Waals surface area contributed by atoms with Gasteiger partial charge in [0.15, 0.2) is 0 Å². The Morgan fingerprint density at radius 1 is 1.43 bits per heavy atom. The number of nitrogens with zero attached hydrogens (tertiary/aromatic N) is 1. The third-order valence-corrected chi connectivity index (χ3v) is 2.12. The highest BCUT2D eigenvalue weighted by molar-refractivity contribution is 5.99. The molecule has 1 amide bonds. The Balaban J connectivity index is 2.21. The van der Waals surface area contributed by atoms with Gasteiger partial charge in [-0.1, -0.05) is 18.2 Å². The van der Waals surface area contributed by atoms with Crippen molar-refractivity contribution in [2.24, 2.45) is 5.73 Å². The molecule has 0 aromatic heterocycles. The zero-order chi connectivity index (χ0) is 9.97. The number of fused-ring (bicyclic) bond motifs is 1. The maximum atomic E-state index is 11.5. The number of carbonyl (C=O) groups is 1. The van der Waals surface area contributed by atoms with E-state index in [0.29, 0.717) is 19.6 Å². The summed E-state index contributed by atoms with van der Waals surface area (Å²) in [4.78, 5) is 16.7. The SMILES string of the molecule is NCCON1C(=O)Cc2ccccc21. The molecule has 4 heteroatoms. The molecule has 2 rings (SSSR count). The second-order valence-electron chi connectivity index (χ2n) is 3.12. The molecule has 1 aromatic carbocycles. The van der Waals surface area contributed by atoms with Crippen LogP contribution in [0.4, 0.5) is 5.69 Å². The summed E-state index contributed by atoms with van der Waals surface area (Å²) in [6.07, 6.45) is 0.417. The monoisotopic (exact) mass is 192 g/mol. The Morgan fingerprint density at radius 2 is 2.21 bits per heavy atom. The fraction of sp³-hybridized carbons (Fsp3) is 0.300. The zero-order valence-electron chi connectivity index (χ0n) is 7.77. The zero-order valence-corrected chi connectivity index (χ0v) is 7.77. The first-order valence-electron chi connectivity index (χ1n) is 4.57. The summed E-state index contributed by atoms with van der Waals surface area (Å²) in [6, 6.07) is 7.60. The van der Waals surface area contributed by atoms with Crippen molar-refractivity contribution >= 4 is 11.6 Å². The largest absolute Gasteiger partial charge is 0.328 e. The number of nitrogens with two attached hydrogens (primary N) is 1. The van der Waals surface area contributed by atoms with E-state index in [0.717, 1.165) is 11.3 Å². The van der Waals surface area contributed by atoms with Crippen molar-refractivity contribution in [1.29, 1.82) is 0 Å². The topological polar surface area (TPSA) is 55.6 Å². The predicted molar refractivity (Wildman–Crippen MR) is 52.6 cm³/mol. The number of rotatable bonds is 3. The first-order chi connectivity index (χ1) is 6.83. The Labute approximate surface area is 82.2 Å². The van der Waals surface area contributed by atoms with Gasteiger partial charge in [-0.15, -0.1) is 0 Å². The molecule has 1 aliphatic heterocycles. The van der Waals surface area contributed by atoms with Crippen LogP contribution in [0.3, 0.4) is 0 Å². The lowest BCUT2D eigenvalue weighted by molar-refractivity contribution is -0.124. The van der Waals surface area contributed by atoms with Gasteiger partial charge in [-0.2, -0.15) is 5.06 Å². The maximum absolute atomic E-state index is 11.5. The summed E-state index contributed by atoms with van der Waals surface area (Å²) in [7, 11) is 0. The summed E-state index contributed by atoms with van der Waals surface area (Å²) in [6.45, 7) is 0.770. The van der Waals surface area contributed by atoms with E-state index in [-0.39, 0.29) is 5.91 Å². The van der Waals surface area contributed by atoms with Gasteiger partial charge in [-0.3, -0.25) is 9.63 Å². The summed E-state index contributed by atoms with van der Waals surface area (Å²) in [5.74, 6) is -0.0281. The molecule has 1 aliphatic rings. The van der Waals surface area contributed by atoms with Crippen molar-refractivity contribution in [2.75, 3.05) is 18.2 Å². The first kappa shape index (κ1) is 9.18. The number of hydrogen-bond acceptors (Lipinski definition) is 3. The van der Waals surface area contributed by atoms with Gasteiger partial charge in [0.1, 0.15) is 0 Å².